The number of hydrazine groups is 1. The van der Waals surface area contributed by atoms with E-state index in [9.17, 15) is 4.79 Å². The Hall–Kier alpha value is -1.69. The van der Waals surface area contributed by atoms with Gasteiger partial charge in [0.2, 0.25) is 0 Å². The molecule has 0 atom stereocenters. The van der Waals surface area contributed by atoms with Gasteiger partial charge in [-0.15, -0.1) is 0 Å². The zero-order valence-electron chi connectivity index (χ0n) is 8.47. The van der Waals surface area contributed by atoms with Gasteiger partial charge in [-0.25, -0.2) is 15.8 Å². The maximum absolute atomic E-state index is 11.8. The number of carbonyl (C=O) groups excluding carboxylic acids is 1. The molecule has 1 aromatic rings. The number of carbonyl (C=O) groups is 1. The summed E-state index contributed by atoms with van der Waals surface area (Å²) in [6.45, 7) is 0. The van der Waals surface area contributed by atoms with Crippen molar-refractivity contribution in [1.82, 2.24) is 14.9 Å². The summed E-state index contributed by atoms with van der Waals surface area (Å²) in [5.41, 5.74) is 2.71. The van der Waals surface area contributed by atoms with Gasteiger partial charge in [0.05, 0.1) is 12.4 Å². The smallest absolute Gasteiger partial charge is 0.274 e. The van der Waals surface area contributed by atoms with Gasteiger partial charge in [-0.1, -0.05) is 0 Å². The van der Waals surface area contributed by atoms with E-state index in [1.807, 2.05) is 0 Å². The van der Waals surface area contributed by atoms with Crippen molar-refractivity contribution in [1.29, 1.82) is 0 Å². The zero-order valence-corrected chi connectivity index (χ0v) is 8.47. The monoisotopic (exact) mass is 207 g/mol. The molecule has 0 spiro atoms. The van der Waals surface area contributed by atoms with E-state index in [1.54, 1.807) is 11.9 Å². The van der Waals surface area contributed by atoms with Crippen LogP contribution in [0.1, 0.15) is 23.3 Å². The summed E-state index contributed by atoms with van der Waals surface area (Å²) in [7, 11) is 1.79. The van der Waals surface area contributed by atoms with Crippen LogP contribution in [0.5, 0.6) is 0 Å². The van der Waals surface area contributed by atoms with Crippen LogP contribution in [-0.4, -0.2) is 33.9 Å². The Bertz CT molecular complexity index is 359. The van der Waals surface area contributed by atoms with E-state index >= 15 is 0 Å². The van der Waals surface area contributed by atoms with Crippen LogP contribution in [0.4, 0.5) is 5.82 Å². The number of nitrogen functional groups attached to an aromatic ring is 1. The molecule has 1 heterocycles. The maximum Gasteiger partial charge on any atom is 0.274 e. The molecule has 1 amide bonds. The van der Waals surface area contributed by atoms with E-state index in [4.69, 9.17) is 5.84 Å². The Balaban J connectivity index is 2.10. The number of hydrogen-bond acceptors (Lipinski definition) is 5. The molecule has 0 radical (unpaired) electrons. The lowest BCUT2D eigenvalue weighted by atomic mass is 10.4. The number of aromatic nitrogens is 2. The van der Waals surface area contributed by atoms with E-state index in [2.05, 4.69) is 15.4 Å². The van der Waals surface area contributed by atoms with Crippen LogP contribution < -0.4 is 11.3 Å². The molecule has 6 heteroatoms. The highest BCUT2D eigenvalue weighted by Crippen LogP contribution is 2.26. The van der Waals surface area contributed by atoms with Crippen LogP contribution in [0.3, 0.4) is 0 Å². The first-order chi connectivity index (χ1) is 7.22. The van der Waals surface area contributed by atoms with Crippen molar-refractivity contribution in [3.63, 3.8) is 0 Å². The molecule has 15 heavy (non-hydrogen) atoms. The van der Waals surface area contributed by atoms with Gasteiger partial charge in [-0.05, 0) is 12.8 Å². The minimum absolute atomic E-state index is 0.0893. The molecule has 6 nitrogen and oxygen atoms in total. The van der Waals surface area contributed by atoms with Crippen molar-refractivity contribution in [2.24, 2.45) is 5.84 Å². The Morgan fingerprint density at radius 2 is 2.27 bits per heavy atom. The largest absolute Gasteiger partial charge is 0.337 e. The van der Waals surface area contributed by atoms with Crippen molar-refractivity contribution in [3.05, 3.63) is 18.1 Å². The Labute approximate surface area is 87.5 Å². The fourth-order valence-corrected chi connectivity index (χ4v) is 1.32. The molecule has 0 bridgehead atoms. The normalized spacial score (nSPS) is 14.8. The highest BCUT2D eigenvalue weighted by molar-refractivity contribution is 5.92. The van der Waals surface area contributed by atoms with Crippen molar-refractivity contribution < 1.29 is 4.79 Å². The third-order valence-corrected chi connectivity index (χ3v) is 2.43. The van der Waals surface area contributed by atoms with Gasteiger partial charge in [0.1, 0.15) is 5.69 Å². The molecule has 1 saturated carbocycles. The van der Waals surface area contributed by atoms with E-state index < -0.39 is 0 Å². The SMILES string of the molecule is CN(C(=O)c1cnc(NN)cn1)C1CC1. The van der Waals surface area contributed by atoms with E-state index in [-0.39, 0.29) is 5.91 Å². The third kappa shape index (κ3) is 2.04. The molecule has 2 rings (SSSR count). The first-order valence-electron chi connectivity index (χ1n) is 4.78. The van der Waals surface area contributed by atoms with Gasteiger partial charge in [-0.3, -0.25) is 4.79 Å². The highest BCUT2D eigenvalue weighted by Gasteiger charge is 2.30. The quantitative estimate of drug-likeness (QED) is 0.538. The summed E-state index contributed by atoms with van der Waals surface area (Å²) in [5, 5.41) is 0. The van der Waals surface area contributed by atoms with Crippen molar-refractivity contribution in [3.8, 4) is 0 Å². The Morgan fingerprint density at radius 3 is 2.73 bits per heavy atom. The fourth-order valence-electron chi connectivity index (χ4n) is 1.32. The molecule has 1 aliphatic carbocycles. The number of nitrogens with one attached hydrogen (secondary N) is 1. The maximum atomic E-state index is 11.8. The minimum atomic E-state index is -0.0893. The van der Waals surface area contributed by atoms with Gasteiger partial charge in [0, 0.05) is 13.1 Å². The second-order valence-electron chi connectivity index (χ2n) is 3.58. The third-order valence-electron chi connectivity index (χ3n) is 2.43. The highest BCUT2D eigenvalue weighted by atomic mass is 16.2. The number of hydrogen-bond donors (Lipinski definition) is 2. The molecular weight excluding hydrogens is 194 g/mol. The summed E-state index contributed by atoms with van der Waals surface area (Å²) >= 11 is 0. The Morgan fingerprint density at radius 1 is 1.53 bits per heavy atom. The summed E-state index contributed by atoms with van der Waals surface area (Å²) in [5.74, 6) is 5.50. The lowest BCUT2D eigenvalue weighted by molar-refractivity contribution is 0.0779. The van der Waals surface area contributed by atoms with Crippen LogP contribution in [0.25, 0.3) is 0 Å². The predicted octanol–water partition coefficient (Wildman–Crippen LogP) is -0.00340. The standard InChI is InChI=1S/C9H13N5O/c1-14(6-2-3-6)9(15)7-4-12-8(13-10)5-11-7/h4-6H,2-3,10H2,1H3,(H,12,13). The molecule has 0 unspecified atom stereocenters. The fraction of sp³-hybridized carbons (Fsp3) is 0.444. The second-order valence-corrected chi connectivity index (χ2v) is 3.58. The summed E-state index contributed by atoms with van der Waals surface area (Å²) in [4.78, 5) is 21.4. The Kier molecular flexibility index (Phi) is 2.51. The van der Waals surface area contributed by atoms with E-state index in [0.29, 0.717) is 17.6 Å². The van der Waals surface area contributed by atoms with Crippen LogP contribution in [0.2, 0.25) is 0 Å². The van der Waals surface area contributed by atoms with E-state index in [0.717, 1.165) is 12.8 Å². The molecule has 1 fully saturated rings. The van der Waals surface area contributed by atoms with E-state index in [1.165, 1.54) is 12.4 Å². The van der Waals surface area contributed by atoms with Crippen molar-refractivity contribution >= 4 is 11.7 Å². The lowest BCUT2D eigenvalue weighted by Crippen LogP contribution is -2.29. The zero-order chi connectivity index (χ0) is 10.8. The van der Waals surface area contributed by atoms with Crippen LogP contribution in [-0.2, 0) is 0 Å². The summed E-state index contributed by atoms with van der Waals surface area (Å²) in [6, 6.07) is 0.381. The van der Waals surface area contributed by atoms with Crippen molar-refractivity contribution in [2.45, 2.75) is 18.9 Å². The number of rotatable bonds is 3. The molecule has 1 aromatic heterocycles. The molecular formula is C9H13N5O. The van der Waals surface area contributed by atoms with Gasteiger partial charge in [0.15, 0.2) is 5.82 Å². The van der Waals surface area contributed by atoms with Gasteiger partial charge in [0.25, 0.3) is 5.91 Å². The lowest BCUT2D eigenvalue weighted by Gasteiger charge is -2.15. The van der Waals surface area contributed by atoms with Crippen LogP contribution >= 0.6 is 0 Å². The first kappa shape index (κ1) is 9.85. The van der Waals surface area contributed by atoms with Crippen LogP contribution in [0.15, 0.2) is 12.4 Å². The second kappa shape index (κ2) is 3.82. The molecule has 3 N–H and O–H groups in total. The molecule has 0 aromatic carbocycles. The molecule has 0 aliphatic heterocycles. The average Bonchev–Trinajstić information content (AvgIpc) is 3.11. The molecule has 80 valence electrons. The van der Waals surface area contributed by atoms with Gasteiger partial charge >= 0.3 is 0 Å². The van der Waals surface area contributed by atoms with Crippen molar-refractivity contribution in [2.75, 3.05) is 12.5 Å². The first-order valence-corrected chi connectivity index (χ1v) is 4.78. The number of anilines is 1. The topological polar surface area (TPSA) is 84.1 Å². The van der Waals surface area contributed by atoms with Gasteiger partial charge in [-0.2, -0.15) is 0 Å². The summed E-state index contributed by atoms with van der Waals surface area (Å²) in [6.07, 6.45) is 5.03. The minimum Gasteiger partial charge on any atom is -0.337 e. The molecule has 0 saturated heterocycles. The predicted molar refractivity (Wildman–Crippen MR) is 55.0 cm³/mol. The number of nitrogens with two attached hydrogens (primary N) is 1. The number of nitrogens with zero attached hydrogens (tertiary/aromatic N) is 3. The average molecular weight is 207 g/mol. The molecule has 1 aliphatic rings. The summed E-state index contributed by atoms with van der Waals surface area (Å²) < 4.78 is 0. The number of amides is 1. The van der Waals surface area contributed by atoms with Gasteiger partial charge < -0.3 is 10.3 Å². The van der Waals surface area contributed by atoms with Crippen LogP contribution in [0, 0.1) is 0 Å².